The fourth-order valence-corrected chi connectivity index (χ4v) is 3.20. The first kappa shape index (κ1) is 15.8. The van der Waals surface area contributed by atoms with E-state index in [1.54, 1.807) is 7.11 Å². The fourth-order valence-electron chi connectivity index (χ4n) is 3.20. The Morgan fingerprint density at radius 3 is 2.67 bits per heavy atom. The van der Waals surface area contributed by atoms with Gasteiger partial charge >= 0.3 is 5.97 Å². The third kappa shape index (κ3) is 4.46. The van der Waals surface area contributed by atoms with E-state index < -0.39 is 5.97 Å². The van der Waals surface area contributed by atoms with E-state index in [2.05, 4.69) is 11.8 Å². The number of carboxylic acid groups (broad SMARTS) is 1. The highest BCUT2D eigenvalue weighted by Crippen LogP contribution is 2.23. The maximum absolute atomic E-state index is 11.2. The van der Waals surface area contributed by atoms with E-state index in [4.69, 9.17) is 4.74 Å². The number of hydrogen-bond acceptors (Lipinski definition) is 3. The van der Waals surface area contributed by atoms with Crippen molar-refractivity contribution >= 4 is 5.97 Å². The number of likely N-dealkylation sites (tertiary alicyclic amines) is 1. The zero-order valence-corrected chi connectivity index (χ0v) is 12.9. The summed E-state index contributed by atoms with van der Waals surface area (Å²) < 4.78 is 5.17. The summed E-state index contributed by atoms with van der Waals surface area (Å²) in [6, 6.07) is 8.48. The first-order valence-corrected chi connectivity index (χ1v) is 7.70. The molecule has 0 saturated carbocycles. The van der Waals surface area contributed by atoms with E-state index in [1.165, 1.54) is 24.8 Å². The molecule has 2 rings (SSSR count). The molecule has 1 aliphatic heterocycles. The molecule has 0 bridgehead atoms. The van der Waals surface area contributed by atoms with E-state index >= 15 is 0 Å². The molecule has 1 fully saturated rings. The molecule has 2 unspecified atom stereocenters. The van der Waals surface area contributed by atoms with Crippen LogP contribution < -0.4 is 4.74 Å². The lowest BCUT2D eigenvalue weighted by molar-refractivity contribution is -0.138. The van der Waals surface area contributed by atoms with Crippen LogP contribution in [0.4, 0.5) is 0 Å². The third-order valence-corrected chi connectivity index (χ3v) is 4.36. The topological polar surface area (TPSA) is 49.8 Å². The van der Waals surface area contributed by atoms with Gasteiger partial charge in [-0.25, -0.2) is 0 Å². The van der Waals surface area contributed by atoms with E-state index in [-0.39, 0.29) is 12.5 Å². The summed E-state index contributed by atoms with van der Waals surface area (Å²) in [6.45, 7) is 3.22. The second-order valence-corrected chi connectivity index (χ2v) is 5.89. The highest BCUT2D eigenvalue weighted by molar-refractivity contribution is 5.67. The van der Waals surface area contributed by atoms with Crippen molar-refractivity contribution in [3.8, 4) is 5.75 Å². The van der Waals surface area contributed by atoms with Crippen molar-refractivity contribution in [1.29, 1.82) is 0 Å². The number of rotatable bonds is 6. The molecule has 1 heterocycles. The van der Waals surface area contributed by atoms with Gasteiger partial charge in [0.2, 0.25) is 0 Å². The number of aliphatic carboxylic acids is 1. The smallest absolute Gasteiger partial charge is 0.304 e. The molecular formula is C17H25NO3. The van der Waals surface area contributed by atoms with Gasteiger partial charge in [0.25, 0.3) is 0 Å². The zero-order chi connectivity index (χ0) is 15.2. The predicted octanol–water partition coefficient (Wildman–Crippen LogP) is 2.96. The number of carboxylic acids is 1. The SMILES string of the molecule is COc1ccc(CC(CC(=O)O)N2CCCCC2C)cc1. The molecule has 4 heteroatoms. The summed E-state index contributed by atoms with van der Waals surface area (Å²) in [5.41, 5.74) is 1.17. The van der Waals surface area contributed by atoms with Gasteiger partial charge < -0.3 is 9.84 Å². The molecule has 0 aromatic heterocycles. The van der Waals surface area contributed by atoms with Gasteiger partial charge in [0.15, 0.2) is 0 Å². The molecule has 0 aliphatic carbocycles. The average Bonchev–Trinajstić information content (AvgIpc) is 2.47. The normalized spacial score (nSPS) is 21.0. The summed E-state index contributed by atoms with van der Waals surface area (Å²) in [6.07, 6.45) is 4.57. The van der Waals surface area contributed by atoms with Crippen LogP contribution in [0.5, 0.6) is 5.75 Å². The highest BCUT2D eigenvalue weighted by Gasteiger charge is 2.27. The summed E-state index contributed by atoms with van der Waals surface area (Å²) in [4.78, 5) is 13.6. The average molecular weight is 291 g/mol. The van der Waals surface area contributed by atoms with E-state index in [9.17, 15) is 9.90 Å². The first-order valence-electron chi connectivity index (χ1n) is 7.70. The van der Waals surface area contributed by atoms with Crippen molar-refractivity contribution in [2.24, 2.45) is 0 Å². The molecule has 1 aromatic carbocycles. The standard InChI is InChI=1S/C17H25NO3/c1-13-5-3-4-10-18(13)15(12-17(19)20)11-14-6-8-16(21-2)9-7-14/h6-9,13,15H,3-5,10-12H2,1-2H3,(H,19,20). The Balaban J connectivity index is 2.09. The third-order valence-electron chi connectivity index (χ3n) is 4.36. The number of benzene rings is 1. The van der Waals surface area contributed by atoms with Crippen LogP contribution in [0.15, 0.2) is 24.3 Å². The van der Waals surface area contributed by atoms with Crippen molar-refractivity contribution in [3.05, 3.63) is 29.8 Å². The summed E-state index contributed by atoms with van der Waals surface area (Å²) in [5.74, 6) is 0.117. The lowest BCUT2D eigenvalue weighted by Gasteiger charge is -2.39. The summed E-state index contributed by atoms with van der Waals surface area (Å²) >= 11 is 0. The first-order chi connectivity index (χ1) is 10.1. The van der Waals surface area contributed by atoms with Gasteiger partial charge in [-0.2, -0.15) is 0 Å². The molecule has 1 saturated heterocycles. The molecule has 0 radical (unpaired) electrons. The van der Waals surface area contributed by atoms with Crippen LogP contribution >= 0.6 is 0 Å². The second-order valence-electron chi connectivity index (χ2n) is 5.89. The molecular weight excluding hydrogens is 266 g/mol. The zero-order valence-electron chi connectivity index (χ0n) is 12.9. The van der Waals surface area contributed by atoms with E-state index in [1.807, 2.05) is 24.3 Å². The van der Waals surface area contributed by atoms with Gasteiger partial charge in [0.05, 0.1) is 13.5 Å². The molecule has 0 amide bonds. The van der Waals surface area contributed by atoms with Gasteiger partial charge in [0, 0.05) is 12.1 Å². The number of piperidine rings is 1. The van der Waals surface area contributed by atoms with Crippen LogP contribution in [0.25, 0.3) is 0 Å². The number of carbonyl (C=O) groups is 1. The fraction of sp³-hybridized carbons (Fsp3) is 0.588. The Labute approximate surface area is 126 Å². The molecule has 0 spiro atoms. The minimum absolute atomic E-state index is 0.0752. The van der Waals surface area contributed by atoms with Gasteiger partial charge in [0.1, 0.15) is 5.75 Å². The Kier molecular flexibility index (Phi) is 5.62. The van der Waals surface area contributed by atoms with Gasteiger partial charge in [-0.15, -0.1) is 0 Å². The van der Waals surface area contributed by atoms with Crippen molar-refractivity contribution in [2.45, 2.75) is 51.1 Å². The minimum atomic E-state index is -0.716. The molecule has 4 nitrogen and oxygen atoms in total. The monoisotopic (exact) mass is 291 g/mol. The molecule has 21 heavy (non-hydrogen) atoms. The van der Waals surface area contributed by atoms with Crippen molar-refractivity contribution in [1.82, 2.24) is 4.90 Å². The van der Waals surface area contributed by atoms with Crippen LogP contribution in [0, 0.1) is 0 Å². The highest BCUT2D eigenvalue weighted by atomic mass is 16.5. The molecule has 1 aliphatic rings. The van der Waals surface area contributed by atoms with Crippen LogP contribution in [0.2, 0.25) is 0 Å². The minimum Gasteiger partial charge on any atom is -0.497 e. The van der Waals surface area contributed by atoms with Crippen molar-refractivity contribution in [2.75, 3.05) is 13.7 Å². The van der Waals surface area contributed by atoms with Gasteiger partial charge in [-0.05, 0) is 50.4 Å². The maximum atomic E-state index is 11.2. The Bertz CT molecular complexity index is 458. The quantitative estimate of drug-likeness (QED) is 0.875. The van der Waals surface area contributed by atoms with Crippen LogP contribution in [-0.2, 0) is 11.2 Å². The van der Waals surface area contributed by atoms with E-state index in [0.29, 0.717) is 6.04 Å². The van der Waals surface area contributed by atoms with Crippen LogP contribution in [0.3, 0.4) is 0 Å². The lowest BCUT2D eigenvalue weighted by atomic mass is 9.95. The predicted molar refractivity (Wildman–Crippen MR) is 82.8 cm³/mol. The number of hydrogen-bond donors (Lipinski definition) is 1. The van der Waals surface area contributed by atoms with Gasteiger partial charge in [-0.3, -0.25) is 9.69 Å². The summed E-state index contributed by atoms with van der Waals surface area (Å²) in [5, 5.41) is 9.21. The van der Waals surface area contributed by atoms with Crippen molar-refractivity contribution in [3.63, 3.8) is 0 Å². The molecule has 1 aromatic rings. The number of nitrogens with zero attached hydrogens (tertiary/aromatic N) is 1. The number of methoxy groups -OCH3 is 1. The summed E-state index contributed by atoms with van der Waals surface area (Å²) in [7, 11) is 1.65. The maximum Gasteiger partial charge on any atom is 0.304 e. The lowest BCUT2D eigenvalue weighted by Crippen LogP contribution is -2.46. The largest absolute Gasteiger partial charge is 0.497 e. The molecule has 1 N–H and O–H groups in total. The van der Waals surface area contributed by atoms with Crippen LogP contribution in [0.1, 0.15) is 38.2 Å². The Morgan fingerprint density at radius 1 is 1.38 bits per heavy atom. The Morgan fingerprint density at radius 2 is 2.10 bits per heavy atom. The molecule has 116 valence electrons. The second kappa shape index (κ2) is 7.46. The number of ether oxygens (including phenoxy) is 1. The van der Waals surface area contributed by atoms with E-state index in [0.717, 1.165) is 18.7 Å². The Hall–Kier alpha value is -1.55. The van der Waals surface area contributed by atoms with Crippen LogP contribution in [-0.4, -0.2) is 41.7 Å². The van der Waals surface area contributed by atoms with Crippen molar-refractivity contribution < 1.29 is 14.6 Å². The van der Waals surface area contributed by atoms with Gasteiger partial charge in [-0.1, -0.05) is 18.6 Å². The molecule has 2 atom stereocenters.